The first kappa shape index (κ1) is 19.7. The van der Waals surface area contributed by atoms with Gasteiger partial charge in [-0.3, -0.25) is 4.99 Å². The number of rotatable bonds is 5. The Bertz CT molecular complexity index is 740. The minimum absolute atomic E-state index is 0. The number of hydrogen-bond donors (Lipinski definition) is 2. The van der Waals surface area contributed by atoms with E-state index in [4.69, 9.17) is 21.1 Å². The van der Waals surface area contributed by atoms with Gasteiger partial charge in [-0.25, -0.2) is 0 Å². The van der Waals surface area contributed by atoms with Gasteiger partial charge in [-0.05, 0) is 41.8 Å². The number of guanidine groups is 1. The van der Waals surface area contributed by atoms with Crippen LogP contribution >= 0.6 is 35.6 Å². The predicted octanol–water partition coefficient (Wildman–Crippen LogP) is 3.59. The predicted molar refractivity (Wildman–Crippen MR) is 111 cm³/mol. The van der Waals surface area contributed by atoms with Crippen LogP contribution in [0.2, 0.25) is 5.02 Å². The summed E-state index contributed by atoms with van der Waals surface area (Å²) in [7, 11) is 1.76. The van der Waals surface area contributed by atoms with Gasteiger partial charge in [-0.15, -0.1) is 24.0 Å². The smallest absolute Gasteiger partial charge is 0.231 e. The van der Waals surface area contributed by atoms with Crippen LogP contribution in [0.3, 0.4) is 0 Å². The second-order valence-electron chi connectivity index (χ2n) is 5.42. The third-order valence-electron chi connectivity index (χ3n) is 3.72. The molecule has 0 atom stereocenters. The summed E-state index contributed by atoms with van der Waals surface area (Å²) < 4.78 is 10.7. The van der Waals surface area contributed by atoms with E-state index in [9.17, 15) is 0 Å². The molecule has 1 heterocycles. The Balaban J connectivity index is 0.00000225. The lowest BCUT2D eigenvalue weighted by molar-refractivity contribution is 0.174. The molecule has 2 aromatic carbocycles. The number of ether oxygens (including phenoxy) is 2. The van der Waals surface area contributed by atoms with E-state index in [0.717, 1.165) is 41.0 Å². The van der Waals surface area contributed by atoms with Gasteiger partial charge in [0.1, 0.15) is 0 Å². The average Bonchev–Trinajstić information content (AvgIpc) is 3.05. The molecule has 0 amide bonds. The van der Waals surface area contributed by atoms with Gasteiger partial charge < -0.3 is 20.1 Å². The minimum atomic E-state index is 0. The molecule has 5 nitrogen and oxygen atoms in total. The van der Waals surface area contributed by atoms with Crippen molar-refractivity contribution in [3.63, 3.8) is 0 Å². The number of fused-ring (bicyclic) bond motifs is 1. The van der Waals surface area contributed by atoms with Crippen LogP contribution in [-0.2, 0) is 13.0 Å². The van der Waals surface area contributed by atoms with Gasteiger partial charge in [0.05, 0.1) is 0 Å². The fourth-order valence-electron chi connectivity index (χ4n) is 2.48. The van der Waals surface area contributed by atoms with E-state index in [1.807, 2.05) is 36.4 Å². The van der Waals surface area contributed by atoms with E-state index in [1.54, 1.807) is 7.05 Å². The van der Waals surface area contributed by atoms with Crippen LogP contribution in [0.4, 0.5) is 0 Å². The molecule has 0 radical (unpaired) electrons. The molecule has 0 spiro atoms. The first-order valence-corrected chi connectivity index (χ1v) is 8.20. The maximum Gasteiger partial charge on any atom is 0.231 e. The second kappa shape index (κ2) is 9.72. The molecule has 134 valence electrons. The fraction of sp³-hybridized carbons (Fsp3) is 0.278. The molecule has 0 fully saturated rings. The molecule has 25 heavy (non-hydrogen) atoms. The van der Waals surface area contributed by atoms with Crippen LogP contribution in [-0.4, -0.2) is 26.3 Å². The number of nitrogens with one attached hydrogen (secondary N) is 2. The summed E-state index contributed by atoms with van der Waals surface area (Å²) in [5, 5.41) is 7.32. The summed E-state index contributed by atoms with van der Waals surface area (Å²) in [4.78, 5) is 4.23. The number of halogens is 2. The van der Waals surface area contributed by atoms with Crippen molar-refractivity contribution < 1.29 is 9.47 Å². The third kappa shape index (κ3) is 5.67. The SMILES string of the molecule is CN=C(NCCc1ccc2c(c1)OCO2)NCc1cccc(Cl)c1.I. The largest absolute Gasteiger partial charge is 0.454 e. The van der Waals surface area contributed by atoms with Crippen molar-refractivity contribution in [3.05, 3.63) is 58.6 Å². The zero-order chi connectivity index (χ0) is 16.8. The number of hydrogen-bond acceptors (Lipinski definition) is 3. The van der Waals surface area contributed by atoms with E-state index < -0.39 is 0 Å². The Kier molecular flexibility index (Phi) is 7.64. The molecule has 0 aromatic heterocycles. The van der Waals surface area contributed by atoms with Gasteiger partial charge in [0.2, 0.25) is 6.79 Å². The van der Waals surface area contributed by atoms with Gasteiger partial charge in [0.25, 0.3) is 0 Å². The van der Waals surface area contributed by atoms with E-state index in [1.165, 1.54) is 5.56 Å². The zero-order valence-electron chi connectivity index (χ0n) is 13.9. The van der Waals surface area contributed by atoms with Crippen LogP contribution in [0.25, 0.3) is 0 Å². The van der Waals surface area contributed by atoms with Crippen molar-refractivity contribution in [1.82, 2.24) is 10.6 Å². The molecular formula is C18H21ClIN3O2. The Morgan fingerprint density at radius 2 is 1.92 bits per heavy atom. The molecule has 1 aliphatic rings. The van der Waals surface area contributed by atoms with Crippen molar-refractivity contribution in [1.29, 1.82) is 0 Å². The molecule has 3 rings (SSSR count). The van der Waals surface area contributed by atoms with Gasteiger partial charge in [-0.2, -0.15) is 0 Å². The second-order valence-corrected chi connectivity index (χ2v) is 5.86. The zero-order valence-corrected chi connectivity index (χ0v) is 17.0. The Labute approximate surface area is 169 Å². The van der Waals surface area contributed by atoms with E-state index >= 15 is 0 Å². The fourth-order valence-corrected chi connectivity index (χ4v) is 2.69. The highest BCUT2D eigenvalue weighted by Gasteiger charge is 2.12. The summed E-state index contributed by atoms with van der Waals surface area (Å²) in [6.07, 6.45) is 0.870. The first-order chi connectivity index (χ1) is 11.7. The van der Waals surface area contributed by atoms with Gasteiger partial charge in [0.15, 0.2) is 17.5 Å². The molecular weight excluding hydrogens is 453 g/mol. The quantitative estimate of drug-likeness (QED) is 0.396. The van der Waals surface area contributed by atoms with Crippen molar-refractivity contribution >= 4 is 41.5 Å². The first-order valence-electron chi connectivity index (χ1n) is 7.82. The van der Waals surface area contributed by atoms with Crippen LogP contribution in [0.15, 0.2) is 47.5 Å². The lowest BCUT2D eigenvalue weighted by atomic mass is 10.1. The van der Waals surface area contributed by atoms with Crippen LogP contribution in [0.1, 0.15) is 11.1 Å². The molecule has 0 saturated carbocycles. The van der Waals surface area contributed by atoms with E-state index in [2.05, 4.69) is 21.7 Å². The van der Waals surface area contributed by atoms with Crippen molar-refractivity contribution in [2.45, 2.75) is 13.0 Å². The maximum absolute atomic E-state index is 5.99. The molecule has 7 heteroatoms. The maximum atomic E-state index is 5.99. The molecule has 0 unspecified atom stereocenters. The summed E-state index contributed by atoms with van der Waals surface area (Å²) in [5.41, 5.74) is 2.30. The number of aliphatic imine (C=N–C) groups is 1. The number of nitrogens with zero attached hydrogens (tertiary/aromatic N) is 1. The normalized spacial score (nSPS) is 12.5. The van der Waals surface area contributed by atoms with E-state index in [0.29, 0.717) is 13.3 Å². The van der Waals surface area contributed by atoms with Crippen LogP contribution < -0.4 is 20.1 Å². The monoisotopic (exact) mass is 473 g/mol. The lowest BCUT2D eigenvalue weighted by Crippen LogP contribution is -2.37. The molecule has 2 aromatic rings. The summed E-state index contributed by atoms with van der Waals surface area (Å²) >= 11 is 5.99. The van der Waals surface area contributed by atoms with Gasteiger partial charge >= 0.3 is 0 Å². The molecule has 0 bridgehead atoms. The standard InChI is InChI=1S/C18H20ClN3O2.HI/c1-20-18(22-11-14-3-2-4-15(19)9-14)21-8-7-13-5-6-16-17(10-13)24-12-23-16;/h2-6,9-10H,7-8,11-12H2,1H3,(H2,20,21,22);1H. The summed E-state index contributed by atoms with van der Waals surface area (Å²) in [5.74, 6) is 2.39. The van der Waals surface area contributed by atoms with Crippen molar-refractivity contribution in [3.8, 4) is 11.5 Å². The highest BCUT2D eigenvalue weighted by atomic mass is 127. The minimum Gasteiger partial charge on any atom is -0.454 e. The molecule has 1 aliphatic heterocycles. The molecule has 2 N–H and O–H groups in total. The molecule has 0 aliphatic carbocycles. The van der Waals surface area contributed by atoms with E-state index in [-0.39, 0.29) is 24.0 Å². The van der Waals surface area contributed by atoms with Gasteiger partial charge in [-0.1, -0.05) is 29.8 Å². The van der Waals surface area contributed by atoms with Gasteiger partial charge in [0, 0.05) is 25.2 Å². The highest BCUT2D eigenvalue weighted by molar-refractivity contribution is 14.0. The average molecular weight is 474 g/mol. The summed E-state index contributed by atoms with van der Waals surface area (Å²) in [6, 6.07) is 13.8. The van der Waals surface area contributed by atoms with Crippen molar-refractivity contribution in [2.75, 3.05) is 20.4 Å². The lowest BCUT2D eigenvalue weighted by Gasteiger charge is -2.12. The highest BCUT2D eigenvalue weighted by Crippen LogP contribution is 2.32. The Hall–Kier alpha value is -1.67. The van der Waals surface area contributed by atoms with Crippen LogP contribution in [0, 0.1) is 0 Å². The molecule has 0 saturated heterocycles. The Morgan fingerprint density at radius 1 is 1.08 bits per heavy atom. The Morgan fingerprint density at radius 3 is 2.72 bits per heavy atom. The topological polar surface area (TPSA) is 54.9 Å². The summed E-state index contributed by atoms with van der Waals surface area (Å²) in [6.45, 7) is 1.75. The third-order valence-corrected chi connectivity index (χ3v) is 3.95. The van der Waals surface area contributed by atoms with Crippen LogP contribution in [0.5, 0.6) is 11.5 Å². The van der Waals surface area contributed by atoms with Crippen molar-refractivity contribution in [2.24, 2.45) is 4.99 Å². The number of benzene rings is 2.